The van der Waals surface area contributed by atoms with Gasteiger partial charge in [0.1, 0.15) is 6.54 Å². The Morgan fingerprint density at radius 3 is 2.48 bits per heavy atom. The van der Waals surface area contributed by atoms with Crippen LogP contribution < -0.4 is 5.32 Å². The van der Waals surface area contributed by atoms with Gasteiger partial charge in [-0.25, -0.2) is 0 Å². The van der Waals surface area contributed by atoms with Gasteiger partial charge in [0.2, 0.25) is 5.91 Å². The van der Waals surface area contributed by atoms with Crippen molar-refractivity contribution in [3.63, 3.8) is 0 Å². The number of aromatic nitrogens is 1. The Morgan fingerprint density at radius 2 is 1.71 bits per heavy atom. The normalized spacial score (nSPS) is 10.8. The molecule has 106 valence electrons. The van der Waals surface area contributed by atoms with Crippen LogP contribution >= 0.6 is 0 Å². The number of nitrogens with one attached hydrogen (secondary N) is 1. The van der Waals surface area contributed by atoms with Gasteiger partial charge in [0.15, 0.2) is 0 Å². The van der Waals surface area contributed by atoms with Crippen LogP contribution in [0.15, 0.2) is 54.7 Å². The molecule has 1 N–H and O–H groups in total. The fourth-order valence-corrected chi connectivity index (χ4v) is 2.45. The number of benzene rings is 2. The third-order valence-electron chi connectivity index (χ3n) is 3.58. The van der Waals surface area contributed by atoms with E-state index in [2.05, 4.69) is 30.4 Å². The van der Waals surface area contributed by atoms with E-state index in [1.165, 1.54) is 11.1 Å². The van der Waals surface area contributed by atoms with Crippen LogP contribution in [0.1, 0.15) is 11.1 Å². The van der Waals surface area contributed by atoms with E-state index in [1.54, 1.807) is 0 Å². The second-order valence-electron chi connectivity index (χ2n) is 5.42. The lowest BCUT2D eigenvalue weighted by Crippen LogP contribution is -2.18. The molecule has 0 atom stereocenters. The molecule has 1 heterocycles. The molecule has 0 saturated carbocycles. The van der Waals surface area contributed by atoms with Gasteiger partial charge < -0.3 is 9.88 Å². The zero-order chi connectivity index (χ0) is 14.8. The highest BCUT2D eigenvalue weighted by Gasteiger charge is 2.06. The lowest BCUT2D eigenvalue weighted by atomic mass is 10.2. The molecule has 3 heteroatoms. The van der Waals surface area contributed by atoms with Gasteiger partial charge in [0, 0.05) is 17.4 Å². The van der Waals surface area contributed by atoms with Crippen molar-refractivity contribution < 1.29 is 4.79 Å². The Labute approximate surface area is 124 Å². The smallest absolute Gasteiger partial charge is 0.244 e. The third-order valence-corrected chi connectivity index (χ3v) is 3.58. The van der Waals surface area contributed by atoms with E-state index in [0.29, 0.717) is 6.54 Å². The van der Waals surface area contributed by atoms with E-state index in [9.17, 15) is 4.79 Å². The maximum Gasteiger partial charge on any atom is 0.244 e. The Hall–Kier alpha value is -2.55. The summed E-state index contributed by atoms with van der Waals surface area (Å²) in [6.07, 6.45) is 1.96. The molecule has 3 aromatic rings. The Balaban J connectivity index is 1.75. The van der Waals surface area contributed by atoms with Crippen molar-refractivity contribution in [2.45, 2.75) is 20.4 Å². The molecule has 0 spiro atoms. The molecule has 1 amide bonds. The van der Waals surface area contributed by atoms with Crippen molar-refractivity contribution in [3.8, 4) is 0 Å². The van der Waals surface area contributed by atoms with Gasteiger partial charge in [-0.3, -0.25) is 4.79 Å². The Kier molecular flexibility index (Phi) is 3.48. The highest BCUT2D eigenvalue weighted by Crippen LogP contribution is 2.17. The lowest BCUT2D eigenvalue weighted by Gasteiger charge is -2.08. The van der Waals surface area contributed by atoms with Crippen LogP contribution in [0.5, 0.6) is 0 Å². The third kappa shape index (κ3) is 2.97. The number of hydrogen-bond donors (Lipinski definition) is 1. The van der Waals surface area contributed by atoms with Crippen molar-refractivity contribution in [2.24, 2.45) is 0 Å². The van der Waals surface area contributed by atoms with Crippen LogP contribution in [-0.4, -0.2) is 10.5 Å². The number of nitrogens with zero attached hydrogens (tertiary/aromatic N) is 1. The fraction of sp³-hybridized carbons (Fsp3) is 0.167. The standard InChI is InChI=1S/C18H18N2O/c1-13-3-6-16(7-4-13)19-18(21)12-20-10-9-15-11-14(2)5-8-17(15)20/h3-11H,12H2,1-2H3,(H,19,21). The zero-order valence-electron chi connectivity index (χ0n) is 12.3. The molecular weight excluding hydrogens is 260 g/mol. The first-order chi connectivity index (χ1) is 10.1. The largest absolute Gasteiger partial charge is 0.338 e. The molecule has 0 unspecified atom stereocenters. The van der Waals surface area contributed by atoms with Crippen LogP contribution in [0.4, 0.5) is 5.69 Å². The first-order valence-corrected chi connectivity index (χ1v) is 7.04. The molecule has 0 radical (unpaired) electrons. The van der Waals surface area contributed by atoms with Gasteiger partial charge in [-0.15, -0.1) is 0 Å². The number of anilines is 1. The van der Waals surface area contributed by atoms with Crippen LogP contribution in [-0.2, 0) is 11.3 Å². The Morgan fingerprint density at radius 1 is 1.00 bits per heavy atom. The fourth-order valence-electron chi connectivity index (χ4n) is 2.45. The van der Waals surface area contributed by atoms with Gasteiger partial charge >= 0.3 is 0 Å². The quantitative estimate of drug-likeness (QED) is 0.774. The van der Waals surface area contributed by atoms with Crippen molar-refractivity contribution in [3.05, 3.63) is 65.9 Å². The number of aryl methyl sites for hydroxylation is 2. The summed E-state index contributed by atoms with van der Waals surface area (Å²) in [6, 6.07) is 16.1. The van der Waals surface area contributed by atoms with Gasteiger partial charge in [-0.05, 0) is 49.6 Å². The number of hydrogen-bond acceptors (Lipinski definition) is 1. The zero-order valence-corrected chi connectivity index (χ0v) is 12.3. The predicted molar refractivity (Wildman–Crippen MR) is 86.5 cm³/mol. The van der Waals surface area contributed by atoms with E-state index < -0.39 is 0 Å². The molecule has 0 aliphatic carbocycles. The van der Waals surface area contributed by atoms with Crippen LogP contribution in [0.3, 0.4) is 0 Å². The van der Waals surface area contributed by atoms with E-state index >= 15 is 0 Å². The van der Waals surface area contributed by atoms with Crippen molar-refractivity contribution in [1.29, 1.82) is 0 Å². The molecular formula is C18H18N2O. The van der Waals surface area contributed by atoms with Gasteiger partial charge in [-0.1, -0.05) is 29.3 Å². The summed E-state index contributed by atoms with van der Waals surface area (Å²) in [5.41, 5.74) is 4.32. The minimum absolute atomic E-state index is 0.0167. The highest BCUT2D eigenvalue weighted by atomic mass is 16.1. The molecule has 0 aliphatic rings. The Bertz CT molecular complexity index is 785. The van der Waals surface area contributed by atoms with Gasteiger partial charge in [-0.2, -0.15) is 0 Å². The summed E-state index contributed by atoms with van der Waals surface area (Å²) in [4.78, 5) is 12.1. The summed E-state index contributed by atoms with van der Waals surface area (Å²) in [5.74, 6) is -0.0167. The SMILES string of the molecule is Cc1ccc(NC(=O)Cn2ccc3cc(C)ccc32)cc1. The monoisotopic (exact) mass is 278 g/mol. The first-order valence-electron chi connectivity index (χ1n) is 7.04. The molecule has 2 aromatic carbocycles. The number of amides is 1. The molecule has 0 saturated heterocycles. The van der Waals surface area contributed by atoms with E-state index in [-0.39, 0.29) is 5.91 Å². The first kappa shape index (κ1) is 13.4. The van der Waals surface area contributed by atoms with E-state index in [0.717, 1.165) is 16.6 Å². The average Bonchev–Trinajstić information content (AvgIpc) is 2.83. The second kappa shape index (κ2) is 5.44. The summed E-state index contributed by atoms with van der Waals surface area (Å²) in [7, 11) is 0. The topological polar surface area (TPSA) is 34.0 Å². The maximum absolute atomic E-state index is 12.1. The van der Waals surface area contributed by atoms with E-state index in [4.69, 9.17) is 0 Å². The summed E-state index contributed by atoms with van der Waals surface area (Å²) >= 11 is 0. The molecule has 1 aromatic heterocycles. The number of carbonyl (C=O) groups excluding carboxylic acids is 1. The number of carbonyl (C=O) groups is 1. The maximum atomic E-state index is 12.1. The molecule has 0 bridgehead atoms. The summed E-state index contributed by atoms with van der Waals surface area (Å²) in [5, 5.41) is 4.09. The molecule has 0 aliphatic heterocycles. The minimum Gasteiger partial charge on any atom is -0.338 e. The van der Waals surface area contributed by atoms with Crippen molar-refractivity contribution >= 4 is 22.5 Å². The second-order valence-corrected chi connectivity index (χ2v) is 5.42. The average molecular weight is 278 g/mol. The van der Waals surface area contributed by atoms with E-state index in [1.807, 2.05) is 48.0 Å². The summed E-state index contributed by atoms with van der Waals surface area (Å²) < 4.78 is 1.97. The van der Waals surface area contributed by atoms with Gasteiger partial charge in [0.25, 0.3) is 0 Å². The highest BCUT2D eigenvalue weighted by molar-refractivity contribution is 5.92. The summed E-state index contributed by atoms with van der Waals surface area (Å²) in [6.45, 7) is 4.42. The number of rotatable bonds is 3. The molecule has 21 heavy (non-hydrogen) atoms. The van der Waals surface area contributed by atoms with Crippen LogP contribution in [0, 0.1) is 13.8 Å². The predicted octanol–water partition coefficient (Wildman–Crippen LogP) is 3.90. The van der Waals surface area contributed by atoms with Crippen molar-refractivity contribution in [1.82, 2.24) is 4.57 Å². The number of fused-ring (bicyclic) bond motifs is 1. The van der Waals surface area contributed by atoms with Crippen molar-refractivity contribution in [2.75, 3.05) is 5.32 Å². The molecule has 0 fully saturated rings. The van der Waals surface area contributed by atoms with Gasteiger partial charge in [0.05, 0.1) is 0 Å². The molecule has 3 rings (SSSR count). The van der Waals surface area contributed by atoms with Crippen LogP contribution in [0.2, 0.25) is 0 Å². The minimum atomic E-state index is -0.0167. The van der Waals surface area contributed by atoms with Crippen LogP contribution in [0.25, 0.3) is 10.9 Å². The molecule has 3 nitrogen and oxygen atoms in total. The lowest BCUT2D eigenvalue weighted by molar-refractivity contribution is -0.116.